The molecule has 6 heteroatoms. The first-order valence-electron chi connectivity index (χ1n) is 6.67. The Kier molecular flexibility index (Phi) is 4.12. The maximum Gasteiger partial charge on any atom is 0.250 e. The second-order valence-electron chi connectivity index (χ2n) is 5.08. The van der Waals surface area contributed by atoms with E-state index in [2.05, 4.69) is 0 Å². The monoisotopic (exact) mass is 276 g/mol. The molecule has 2 amide bonds. The van der Waals surface area contributed by atoms with Gasteiger partial charge in [0.1, 0.15) is 0 Å². The van der Waals surface area contributed by atoms with Crippen molar-refractivity contribution in [2.75, 3.05) is 37.3 Å². The van der Waals surface area contributed by atoms with Crippen LogP contribution in [-0.4, -0.2) is 43.4 Å². The molecular formula is C14H20N4O2. The molecule has 4 N–H and O–H groups in total. The lowest BCUT2D eigenvalue weighted by atomic mass is 10.1. The number of benzene rings is 1. The van der Waals surface area contributed by atoms with Crippen LogP contribution in [0, 0.1) is 0 Å². The molecule has 0 atom stereocenters. The average Bonchev–Trinajstić information content (AvgIpc) is 2.92. The van der Waals surface area contributed by atoms with E-state index in [1.54, 1.807) is 30.1 Å². The molecule has 0 spiro atoms. The van der Waals surface area contributed by atoms with Gasteiger partial charge in [0.25, 0.3) is 5.91 Å². The van der Waals surface area contributed by atoms with Crippen molar-refractivity contribution in [1.29, 1.82) is 0 Å². The van der Waals surface area contributed by atoms with Crippen LogP contribution in [0.1, 0.15) is 23.2 Å². The van der Waals surface area contributed by atoms with Crippen molar-refractivity contribution in [2.24, 2.45) is 5.73 Å². The Morgan fingerprint density at radius 3 is 2.55 bits per heavy atom. The van der Waals surface area contributed by atoms with Crippen molar-refractivity contribution in [3.63, 3.8) is 0 Å². The third-order valence-electron chi connectivity index (χ3n) is 3.53. The quantitative estimate of drug-likeness (QED) is 0.780. The Morgan fingerprint density at radius 2 is 1.95 bits per heavy atom. The number of carbonyl (C=O) groups is 2. The summed E-state index contributed by atoms with van der Waals surface area (Å²) in [6.07, 6.45) is 2.11. The minimum Gasteiger partial charge on any atom is -0.399 e. The van der Waals surface area contributed by atoms with Gasteiger partial charge in [-0.1, -0.05) is 0 Å². The van der Waals surface area contributed by atoms with Crippen molar-refractivity contribution in [3.05, 3.63) is 23.8 Å². The number of primary amides is 1. The van der Waals surface area contributed by atoms with E-state index in [0.717, 1.165) is 25.9 Å². The summed E-state index contributed by atoms with van der Waals surface area (Å²) in [5, 5.41) is 0. The van der Waals surface area contributed by atoms with Crippen molar-refractivity contribution in [2.45, 2.75) is 12.8 Å². The van der Waals surface area contributed by atoms with Gasteiger partial charge < -0.3 is 21.3 Å². The topological polar surface area (TPSA) is 92.7 Å². The largest absolute Gasteiger partial charge is 0.399 e. The molecule has 2 rings (SSSR count). The minimum atomic E-state index is -0.527. The Labute approximate surface area is 118 Å². The van der Waals surface area contributed by atoms with Gasteiger partial charge in [-0.3, -0.25) is 9.59 Å². The van der Waals surface area contributed by atoms with Crippen LogP contribution in [0.2, 0.25) is 0 Å². The summed E-state index contributed by atoms with van der Waals surface area (Å²) in [4.78, 5) is 27.1. The average molecular weight is 276 g/mol. The molecule has 1 aromatic rings. The van der Waals surface area contributed by atoms with Gasteiger partial charge in [0.05, 0.1) is 17.8 Å². The highest BCUT2D eigenvalue weighted by molar-refractivity contribution is 6.00. The molecule has 0 saturated carbocycles. The van der Waals surface area contributed by atoms with Gasteiger partial charge in [0, 0.05) is 25.8 Å². The molecule has 1 heterocycles. The molecule has 1 aliphatic rings. The summed E-state index contributed by atoms with van der Waals surface area (Å²) in [5.74, 6) is -0.469. The minimum absolute atomic E-state index is 0.0582. The van der Waals surface area contributed by atoms with Crippen LogP contribution < -0.4 is 16.4 Å². The van der Waals surface area contributed by atoms with E-state index in [1.807, 2.05) is 4.90 Å². The maximum absolute atomic E-state index is 12.1. The molecule has 1 fully saturated rings. The van der Waals surface area contributed by atoms with Gasteiger partial charge in [0.2, 0.25) is 5.91 Å². The summed E-state index contributed by atoms with van der Waals surface area (Å²) in [5.41, 5.74) is 12.6. The number of nitrogen functional groups attached to an aromatic ring is 1. The van der Waals surface area contributed by atoms with E-state index in [9.17, 15) is 9.59 Å². The van der Waals surface area contributed by atoms with Crippen LogP contribution >= 0.6 is 0 Å². The van der Waals surface area contributed by atoms with Crippen molar-refractivity contribution in [1.82, 2.24) is 4.90 Å². The van der Waals surface area contributed by atoms with E-state index in [1.165, 1.54) is 0 Å². The van der Waals surface area contributed by atoms with E-state index in [0.29, 0.717) is 16.9 Å². The zero-order valence-corrected chi connectivity index (χ0v) is 11.6. The van der Waals surface area contributed by atoms with Gasteiger partial charge in [0.15, 0.2) is 0 Å². The maximum atomic E-state index is 12.1. The normalized spacial score (nSPS) is 14.3. The van der Waals surface area contributed by atoms with Crippen LogP contribution in [0.15, 0.2) is 18.2 Å². The molecule has 0 aromatic heterocycles. The third kappa shape index (κ3) is 3.01. The molecule has 1 aliphatic heterocycles. The summed E-state index contributed by atoms with van der Waals surface area (Å²) in [6, 6.07) is 4.88. The summed E-state index contributed by atoms with van der Waals surface area (Å²) in [6.45, 7) is 1.84. The lowest BCUT2D eigenvalue weighted by Crippen LogP contribution is -2.38. The highest BCUT2D eigenvalue weighted by Gasteiger charge is 2.21. The van der Waals surface area contributed by atoms with Crippen LogP contribution in [0.25, 0.3) is 0 Å². The molecule has 0 bridgehead atoms. The number of likely N-dealkylation sites (tertiary alicyclic amines) is 1. The molecule has 1 saturated heterocycles. The van der Waals surface area contributed by atoms with Gasteiger partial charge in [-0.25, -0.2) is 0 Å². The van der Waals surface area contributed by atoms with Gasteiger partial charge in [-0.05, 0) is 31.0 Å². The smallest absolute Gasteiger partial charge is 0.250 e. The lowest BCUT2D eigenvalue weighted by molar-refractivity contribution is -0.128. The zero-order valence-electron chi connectivity index (χ0n) is 11.6. The second-order valence-corrected chi connectivity index (χ2v) is 5.08. The predicted molar refractivity (Wildman–Crippen MR) is 78.5 cm³/mol. The Bertz CT molecular complexity index is 524. The second kappa shape index (κ2) is 5.81. The van der Waals surface area contributed by atoms with E-state index >= 15 is 0 Å². The molecule has 0 unspecified atom stereocenters. The molecule has 0 radical (unpaired) electrons. The third-order valence-corrected chi connectivity index (χ3v) is 3.53. The number of hydrogen-bond acceptors (Lipinski definition) is 4. The Morgan fingerprint density at radius 1 is 1.30 bits per heavy atom. The number of nitrogens with two attached hydrogens (primary N) is 2. The summed E-state index contributed by atoms with van der Waals surface area (Å²) in [7, 11) is 1.76. The first-order chi connectivity index (χ1) is 9.49. The fourth-order valence-electron chi connectivity index (χ4n) is 2.43. The van der Waals surface area contributed by atoms with Crippen LogP contribution in [0.4, 0.5) is 11.4 Å². The molecular weight excluding hydrogens is 256 g/mol. The molecule has 20 heavy (non-hydrogen) atoms. The number of carbonyl (C=O) groups excluding carboxylic acids is 2. The predicted octanol–water partition coefficient (Wildman–Crippen LogP) is 0.426. The number of rotatable bonds is 4. The molecule has 108 valence electrons. The van der Waals surface area contributed by atoms with Crippen LogP contribution in [0.5, 0.6) is 0 Å². The molecule has 0 aliphatic carbocycles. The van der Waals surface area contributed by atoms with E-state index in [-0.39, 0.29) is 12.5 Å². The zero-order chi connectivity index (χ0) is 14.7. The fraction of sp³-hybridized carbons (Fsp3) is 0.429. The number of likely N-dealkylation sites (N-methyl/N-ethyl adjacent to an activating group) is 1. The number of hydrogen-bond donors (Lipinski definition) is 2. The Hall–Kier alpha value is -2.24. The van der Waals surface area contributed by atoms with Crippen LogP contribution in [0.3, 0.4) is 0 Å². The summed E-state index contributed by atoms with van der Waals surface area (Å²) >= 11 is 0. The first kappa shape index (κ1) is 14.2. The number of nitrogens with zero attached hydrogens (tertiary/aromatic N) is 2. The standard InChI is InChI=1S/C14H20N4O2/c1-17(9-13(19)18-6-2-3-7-18)12-8-10(15)4-5-11(12)14(16)20/h4-5,8H,2-3,6-7,9,15H2,1H3,(H2,16,20). The van der Waals surface area contributed by atoms with Crippen molar-refractivity contribution in [3.8, 4) is 0 Å². The van der Waals surface area contributed by atoms with Gasteiger partial charge in [-0.15, -0.1) is 0 Å². The van der Waals surface area contributed by atoms with E-state index in [4.69, 9.17) is 11.5 Å². The van der Waals surface area contributed by atoms with Crippen molar-refractivity contribution < 1.29 is 9.59 Å². The Balaban J connectivity index is 2.15. The fourth-order valence-corrected chi connectivity index (χ4v) is 2.43. The lowest BCUT2D eigenvalue weighted by Gasteiger charge is -2.24. The van der Waals surface area contributed by atoms with E-state index < -0.39 is 5.91 Å². The highest BCUT2D eigenvalue weighted by atomic mass is 16.2. The molecule has 6 nitrogen and oxygen atoms in total. The number of anilines is 2. The first-order valence-corrected chi connectivity index (χ1v) is 6.67. The SMILES string of the molecule is CN(CC(=O)N1CCCC1)c1cc(N)ccc1C(N)=O. The molecule has 1 aromatic carbocycles. The van der Waals surface area contributed by atoms with Crippen molar-refractivity contribution >= 4 is 23.2 Å². The van der Waals surface area contributed by atoms with Gasteiger partial charge >= 0.3 is 0 Å². The van der Waals surface area contributed by atoms with Gasteiger partial charge in [-0.2, -0.15) is 0 Å². The highest BCUT2D eigenvalue weighted by Crippen LogP contribution is 2.22. The summed E-state index contributed by atoms with van der Waals surface area (Å²) < 4.78 is 0. The number of amides is 2. The van der Waals surface area contributed by atoms with Crippen LogP contribution in [-0.2, 0) is 4.79 Å².